The summed E-state index contributed by atoms with van der Waals surface area (Å²) >= 11 is 0. The van der Waals surface area contributed by atoms with Crippen LogP contribution in [0.3, 0.4) is 0 Å². The van der Waals surface area contributed by atoms with Crippen LogP contribution in [-0.2, 0) is 0 Å². The van der Waals surface area contributed by atoms with E-state index in [9.17, 15) is 0 Å². The Morgan fingerprint density at radius 3 is 3.00 bits per heavy atom. The normalized spacial score (nSPS) is 18.1. The van der Waals surface area contributed by atoms with Crippen molar-refractivity contribution in [1.29, 1.82) is 0 Å². The molecule has 3 aromatic rings. The highest BCUT2D eigenvalue weighted by molar-refractivity contribution is 5.54. The third-order valence-corrected chi connectivity index (χ3v) is 4.59. The molecule has 0 spiro atoms. The molecular formula is C17H20N6O. The number of methoxy groups -OCH3 is 1. The number of pyridine rings is 1. The average Bonchev–Trinajstić information content (AvgIpc) is 3.06. The van der Waals surface area contributed by atoms with E-state index in [0.29, 0.717) is 5.92 Å². The zero-order valence-corrected chi connectivity index (χ0v) is 13.9. The Morgan fingerprint density at radius 1 is 1.21 bits per heavy atom. The van der Waals surface area contributed by atoms with Crippen LogP contribution in [0.15, 0.2) is 30.7 Å². The summed E-state index contributed by atoms with van der Waals surface area (Å²) in [7, 11) is 1.67. The highest BCUT2D eigenvalue weighted by atomic mass is 16.5. The van der Waals surface area contributed by atoms with Crippen molar-refractivity contribution in [1.82, 2.24) is 24.6 Å². The van der Waals surface area contributed by atoms with E-state index in [4.69, 9.17) is 4.74 Å². The fourth-order valence-corrected chi connectivity index (χ4v) is 3.43. The minimum Gasteiger partial charge on any atom is -0.491 e. The van der Waals surface area contributed by atoms with Gasteiger partial charge in [0.25, 0.3) is 0 Å². The number of aryl methyl sites for hydroxylation is 1. The second-order valence-electron chi connectivity index (χ2n) is 6.09. The Hall–Kier alpha value is -2.70. The minimum absolute atomic E-state index is 0.316. The van der Waals surface area contributed by atoms with Gasteiger partial charge in [-0.1, -0.05) is 6.07 Å². The van der Waals surface area contributed by atoms with E-state index in [2.05, 4.69) is 29.5 Å². The number of anilines is 1. The number of ether oxygens (including phenoxy) is 1. The number of piperidine rings is 1. The van der Waals surface area contributed by atoms with Crippen molar-refractivity contribution in [2.24, 2.45) is 0 Å². The molecule has 0 bridgehead atoms. The van der Waals surface area contributed by atoms with E-state index in [1.807, 2.05) is 31.3 Å². The number of rotatable bonds is 3. The summed E-state index contributed by atoms with van der Waals surface area (Å²) in [6, 6.07) is 5.97. The zero-order chi connectivity index (χ0) is 16.5. The second-order valence-corrected chi connectivity index (χ2v) is 6.09. The first kappa shape index (κ1) is 14.9. The van der Waals surface area contributed by atoms with Crippen LogP contribution in [-0.4, -0.2) is 44.8 Å². The van der Waals surface area contributed by atoms with Crippen molar-refractivity contribution in [3.8, 4) is 5.75 Å². The Balaban J connectivity index is 1.66. The molecule has 4 rings (SSSR count). The lowest BCUT2D eigenvalue weighted by atomic mass is 9.97. The lowest BCUT2D eigenvalue weighted by Gasteiger charge is -2.33. The highest BCUT2D eigenvalue weighted by Crippen LogP contribution is 2.33. The molecule has 0 amide bonds. The molecule has 3 aromatic heterocycles. The van der Waals surface area contributed by atoms with E-state index < -0.39 is 0 Å². The van der Waals surface area contributed by atoms with Gasteiger partial charge in [0, 0.05) is 25.2 Å². The van der Waals surface area contributed by atoms with Gasteiger partial charge in [-0.25, -0.2) is 9.97 Å². The fraction of sp³-hybridized carbons (Fsp3) is 0.412. The van der Waals surface area contributed by atoms with Gasteiger partial charge in [-0.3, -0.25) is 4.40 Å². The maximum absolute atomic E-state index is 5.53. The number of hydrogen-bond acceptors (Lipinski definition) is 6. The van der Waals surface area contributed by atoms with Gasteiger partial charge < -0.3 is 9.64 Å². The van der Waals surface area contributed by atoms with Gasteiger partial charge in [0.15, 0.2) is 17.2 Å². The lowest BCUT2D eigenvalue weighted by Crippen LogP contribution is -2.36. The van der Waals surface area contributed by atoms with Crippen LogP contribution in [0.2, 0.25) is 0 Å². The standard InChI is InChI=1S/C17H20N6O/c1-12-15(24-2)17(19-11-18-12)22-8-5-6-13(10-22)16-21-20-14-7-3-4-9-23(14)16/h3-4,7,9,11,13H,5-6,8,10H2,1-2H3. The van der Waals surface area contributed by atoms with Gasteiger partial charge in [0.1, 0.15) is 12.2 Å². The van der Waals surface area contributed by atoms with Crippen molar-refractivity contribution in [2.45, 2.75) is 25.7 Å². The molecule has 24 heavy (non-hydrogen) atoms. The Labute approximate surface area is 140 Å². The van der Waals surface area contributed by atoms with E-state index >= 15 is 0 Å². The quantitative estimate of drug-likeness (QED) is 0.736. The molecule has 1 aliphatic rings. The monoisotopic (exact) mass is 324 g/mol. The zero-order valence-electron chi connectivity index (χ0n) is 13.9. The first-order valence-electron chi connectivity index (χ1n) is 8.18. The summed E-state index contributed by atoms with van der Waals surface area (Å²) in [5.41, 5.74) is 1.75. The predicted molar refractivity (Wildman–Crippen MR) is 90.5 cm³/mol. The van der Waals surface area contributed by atoms with Crippen LogP contribution in [0.1, 0.15) is 30.3 Å². The largest absolute Gasteiger partial charge is 0.491 e. The Bertz CT molecular complexity index is 861. The topological polar surface area (TPSA) is 68.4 Å². The molecular weight excluding hydrogens is 304 g/mol. The molecule has 7 nitrogen and oxygen atoms in total. The van der Waals surface area contributed by atoms with Gasteiger partial charge >= 0.3 is 0 Å². The van der Waals surface area contributed by atoms with Crippen molar-refractivity contribution in [3.63, 3.8) is 0 Å². The first-order chi connectivity index (χ1) is 11.8. The van der Waals surface area contributed by atoms with Gasteiger partial charge in [-0.05, 0) is 31.9 Å². The summed E-state index contributed by atoms with van der Waals surface area (Å²) in [5.74, 6) is 2.95. The van der Waals surface area contributed by atoms with Gasteiger partial charge in [-0.15, -0.1) is 10.2 Å². The highest BCUT2D eigenvalue weighted by Gasteiger charge is 2.28. The van der Waals surface area contributed by atoms with Crippen molar-refractivity contribution in [2.75, 3.05) is 25.1 Å². The van der Waals surface area contributed by atoms with Gasteiger partial charge in [0.05, 0.1) is 12.8 Å². The summed E-state index contributed by atoms with van der Waals surface area (Å²) in [6.07, 6.45) is 5.81. The van der Waals surface area contributed by atoms with Crippen LogP contribution in [0, 0.1) is 6.92 Å². The van der Waals surface area contributed by atoms with E-state index in [1.54, 1.807) is 13.4 Å². The number of aromatic nitrogens is 5. The molecule has 7 heteroatoms. The molecule has 0 N–H and O–H groups in total. The molecule has 1 atom stereocenters. The summed E-state index contributed by atoms with van der Waals surface area (Å²) < 4.78 is 7.61. The lowest BCUT2D eigenvalue weighted by molar-refractivity contribution is 0.401. The van der Waals surface area contributed by atoms with E-state index in [0.717, 1.165) is 54.7 Å². The fourth-order valence-electron chi connectivity index (χ4n) is 3.43. The summed E-state index contributed by atoms with van der Waals surface area (Å²) in [4.78, 5) is 11.0. The van der Waals surface area contributed by atoms with E-state index in [1.165, 1.54) is 0 Å². The van der Waals surface area contributed by atoms with E-state index in [-0.39, 0.29) is 0 Å². The predicted octanol–water partition coefficient (Wildman–Crippen LogP) is 2.22. The average molecular weight is 324 g/mol. The Morgan fingerprint density at radius 2 is 2.12 bits per heavy atom. The molecule has 1 aliphatic heterocycles. The van der Waals surface area contributed by atoms with Crippen LogP contribution in [0.4, 0.5) is 5.82 Å². The van der Waals surface area contributed by atoms with Crippen LogP contribution in [0.25, 0.3) is 5.65 Å². The summed E-state index contributed by atoms with van der Waals surface area (Å²) in [5, 5.41) is 8.71. The second kappa shape index (κ2) is 6.07. The van der Waals surface area contributed by atoms with Crippen LogP contribution >= 0.6 is 0 Å². The molecule has 0 radical (unpaired) electrons. The molecule has 0 saturated carbocycles. The number of nitrogens with zero attached hydrogens (tertiary/aromatic N) is 6. The third kappa shape index (κ3) is 2.46. The van der Waals surface area contributed by atoms with Crippen molar-refractivity contribution < 1.29 is 4.74 Å². The molecule has 1 unspecified atom stereocenters. The molecule has 1 fully saturated rings. The Kier molecular flexibility index (Phi) is 3.76. The van der Waals surface area contributed by atoms with Gasteiger partial charge in [-0.2, -0.15) is 0 Å². The molecule has 4 heterocycles. The SMILES string of the molecule is COc1c(C)ncnc1N1CCCC(c2nnc3ccccn23)C1. The first-order valence-corrected chi connectivity index (χ1v) is 8.18. The number of hydrogen-bond donors (Lipinski definition) is 0. The maximum Gasteiger partial charge on any atom is 0.182 e. The van der Waals surface area contributed by atoms with Gasteiger partial charge in [0.2, 0.25) is 0 Å². The maximum atomic E-state index is 5.53. The molecule has 0 aromatic carbocycles. The molecule has 124 valence electrons. The molecule has 0 aliphatic carbocycles. The molecule has 1 saturated heterocycles. The van der Waals surface area contributed by atoms with Crippen LogP contribution in [0.5, 0.6) is 5.75 Å². The van der Waals surface area contributed by atoms with Crippen LogP contribution < -0.4 is 9.64 Å². The smallest absolute Gasteiger partial charge is 0.182 e. The minimum atomic E-state index is 0.316. The summed E-state index contributed by atoms with van der Waals surface area (Å²) in [6.45, 7) is 3.75. The number of fused-ring (bicyclic) bond motifs is 1. The third-order valence-electron chi connectivity index (χ3n) is 4.59. The van der Waals surface area contributed by atoms with Crippen molar-refractivity contribution >= 4 is 11.5 Å². The van der Waals surface area contributed by atoms with Crippen molar-refractivity contribution in [3.05, 3.63) is 42.2 Å².